The molecule has 0 aliphatic heterocycles. The van der Waals surface area contributed by atoms with Gasteiger partial charge in [0, 0.05) is 11.4 Å². The van der Waals surface area contributed by atoms with Crippen LogP contribution in [0.2, 0.25) is 0 Å². The summed E-state index contributed by atoms with van der Waals surface area (Å²) < 4.78 is 13.6. The van der Waals surface area contributed by atoms with Gasteiger partial charge in [-0.05, 0) is 38.0 Å². The standard InChI is InChI=1S/C10H13FN2/c1-5-4-8(13)9(7(3)12)10(11)6(5)2/h4,12H,13H2,1-3H3. The Morgan fingerprint density at radius 2 is 2.00 bits per heavy atom. The second-order valence-electron chi connectivity index (χ2n) is 3.22. The van der Waals surface area contributed by atoms with Crippen LogP contribution in [0, 0.1) is 25.1 Å². The van der Waals surface area contributed by atoms with Crippen LogP contribution in [0.3, 0.4) is 0 Å². The van der Waals surface area contributed by atoms with E-state index in [9.17, 15) is 4.39 Å². The number of hydrogen-bond acceptors (Lipinski definition) is 2. The van der Waals surface area contributed by atoms with E-state index in [0.717, 1.165) is 5.56 Å². The first-order chi connectivity index (χ1) is 5.95. The highest BCUT2D eigenvalue weighted by molar-refractivity contribution is 6.01. The molecule has 0 saturated carbocycles. The Hall–Kier alpha value is -1.38. The highest BCUT2D eigenvalue weighted by atomic mass is 19.1. The zero-order valence-electron chi connectivity index (χ0n) is 8.03. The van der Waals surface area contributed by atoms with Crippen LogP contribution in [-0.2, 0) is 0 Å². The summed E-state index contributed by atoms with van der Waals surface area (Å²) in [6.45, 7) is 5.03. The SMILES string of the molecule is CC(=N)c1c(N)cc(C)c(C)c1F. The number of rotatable bonds is 1. The van der Waals surface area contributed by atoms with Crippen molar-refractivity contribution < 1.29 is 4.39 Å². The molecule has 0 radical (unpaired) electrons. The van der Waals surface area contributed by atoms with Crippen molar-refractivity contribution in [3.05, 3.63) is 28.6 Å². The molecule has 0 amide bonds. The Morgan fingerprint density at radius 3 is 2.46 bits per heavy atom. The average Bonchev–Trinajstić information content (AvgIpc) is 1.99. The first-order valence-electron chi connectivity index (χ1n) is 4.06. The van der Waals surface area contributed by atoms with E-state index in [1.54, 1.807) is 19.9 Å². The Bertz CT molecular complexity index is 370. The predicted octanol–water partition coefficient (Wildman–Crippen LogP) is 2.41. The van der Waals surface area contributed by atoms with Crippen LogP contribution in [0.1, 0.15) is 23.6 Å². The zero-order valence-corrected chi connectivity index (χ0v) is 8.03. The maximum atomic E-state index is 13.6. The van der Waals surface area contributed by atoms with Crippen LogP contribution in [0.5, 0.6) is 0 Å². The summed E-state index contributed by atoms with van der Waals surface area (Å²) >= 11 is 0. The van der Waals surface area contributed by atoms with Gasteiger partial charge in [0.05, 0.1) is 5.56 Å². The van der Waals surface area contributed by atoms with Gasteiger partial charge >= 0.3 is 0 Å². The molecule has 1 aromatic carbocycles. The van der Waals surface area contributed by atoms with E-state index in [4.69, 9.17) is 11.1 Å². The quantitative estimate of drug-likeness (QED) is 0.506. The highest BCUT2D eigenvalue weighted by Crippen LogP contribution is 2.23. The van der Waals surface area contributed by atoms with E-state index < -0.39 is 0 Å². The minimum absolute atomic E-state index is 0.165. The minimum Gasteiger partial charge on any atom is -0.398 e. The van der Waals surface area contributed by atoms with Crippen molar-refractivity contribution in [2.45, 2.75) is 20.8 Å². The van der Waals surface area contributed by atoms with Crippen molar-refractivity contribution >= 4 is 11.4 Å². The van der Waals surface area contributed by atoms with Gasteiger partial charge in [0.25, 0.3) is 0 Å². The number of aryl methyl sites for hydroxylation is 1. The number of nitrogens with two attached hydrogens (primary N) is 1. The third kappa shape index (κ3) is 1.54. The Kier molecular flexibility index (Phi) is 2.36. The van der Waals surface area contributed by atoms with E-state index >= 15 is 0 Å². The zero-order chi connectivity index (χ0) is 10.2. The van der Waals surface area contributed by atoms with Crippen LogP contribution in [0.25, 0.3) is 0 Å². The molecule has 3 heteroatoms. The van der Waals surface area contributed by atoms with Gasteiger partial charge in [0.15, 0.2) is 0 Å². The molecule has 0 heterocycles. The van der Waals surface area contributed by atoms with Crippen molar-refractivity contribution in [3.63, 3.8) is 0 Å². The normalized spacial score (nSPS) is 10.2. The molecule has 2 nitrogen and oxygen atoms in total. The first kappa shape index (κ1) is 9.71. The van der Waals surface area contributed by atoms with Crippen molar-refractivity contribution in [1.29, 1.82) is 5.41 Å². The number of halogens is 1. The third-order valence-electron chi connectivity index (χ3n) is 2.18. The van der Waals surface area contributed by atoms with Crippen molar-refractivity contribution in [1.82, 2.24) is 0 Å². The molecule has 0 unspecified atom stereocenters. The molecular formula is C10H13FN2. The Morgan fingerprint density at radius 1 is 1.46 bits per heavy atom. The lowest BCUT2D eigenvalue weighted by Gasteiger charge is -2.10. The van der Waals surface area contributed by atoms with Crippen LogP contribution in [0.4, 0.5) is 10.1 Å². The number of nitrogens with one attached hydrogen (secondary N) is 1. The molecule has 0 bridgehead atoms. The van der Waals surface area contributed by atoms with E-state index in [2.05, 4.69) is 0 Å². The monoisotopic (exact) mass is 180 g/mol. The predicted molar refractivity (Wildman–Crippen MR) is 52.8 cm³/mol. The fourth-order valence-electron chi connectivity index (χ4n) is 1.28. The summed E-state index contributed by atoms with van der Waals surface area (Å²) in [6.07, 6.45) is 0. The van der Waals surface area contributed by atoms with E-state index in [0.29, 0.717) is 11.3 Å². The summed E-state index contributed by atoms with van der Waals surface area (Å²) in [5, 5.41) is 7.36. The molecule has 1 aromatic rings. The van der Waals surface area contributed by atoms with Gasteiger partial charge in [-0.2, -0.15) is 0 Å². The summed E-state index contributed by atoms with van der Waals surface area (Å²) in [7, 11) is 0. The summed E-state index contributed by atoms with van der Waals surface area (Å²) in [4.78, 5) is 0. The average molecular weight is 180 g/mol. The topological polar surface area (TPSA) is 49.9 Å². The van der Waals surface area contributed by atoms with Gasteiger partial charge in [-0.3, -0.25) is 0 Å². The fraction of sp³-hybridized carbons (Fsp3) is 0.300. The van der Waals surface area contributed by atoms with Gasteiger partial charge in [0.2, 0.25) is 0 Å². The fourth-order valence-corrected chi connectivity index (χ4v) is 1.28. The molecule has 0 fully saturated rings. The largest absolute Gasteiger partial charge is 0.398 e. The van der Waals surface area contributed by atoms with Gasteiger partial charge in [-0.1, -0.05) is 0 Å². The van der Waals surface area contributed by atoms with Gasteiger partial charge in [-0.15, -0.1) is 0 Å². The Labute approximate surface area is 77.1 Å². The molecule has 1 rings (SSSR count). The van der Waals surface area contributed by atoms with E-state index in [-0.39, 0.29) is 17.1 Å². The van der Waals surface area contributed by atoms with Crippen molar-refractivity contribution in [2.24, 2.45) is 0 Å². The van der Waals surface area contributed by atoms with E-state index in [1.165, 1.54) is 6.92 Å². The lowest BCUT2D eigenvalue weighted by atomic mass is 10.0. The van der Waals surface area contributed by atoms with Crippen molar-refractivity contribution in [2.75, 3.05) is 5.73 Å². The minimum atomic E-state index is -0.370. The van der Waals surface area contributed by atoms with Gasteiger partial charge in [0.1, 0.15) is 5.82 Å². The van der Waals surface area contributed by atoms with Crippen LogP contribution in [0.15, 0.2) is 6.07 Å². The first-order valence-corrected chi connectivity index (χ1v) is 4.06. The summed E-state index contributed by atoms with van der Waals surface area (Å²) in [5.74, 6) is -0.370. The summed E-state index contributed by atoms with van der Waals surface area (Å²) in [6, 6.07) is 1.70. The molecular weight excluding hydrogens is 167 g/mol. The summed E-state index contributed by atoms with van der Waals surface area (Å²) in [5.41, 5.74) is 7.73. The lowest BCUT2D eigenvalue weighted by Crippen LogP contribution is -2.06. The van der Waals surface area contributed by atoms with Gasteiger partial charge < -0.3 is 11.1 Å². The molecule has 0 spiro atoms. The number of benzene rings is 1. The molecule has 70 valence electrons. The second-order valence-corrected chi connectivity index (χ2v) is 3.22. The maximum Gasteiger partial charge on any atom is 0.137 e. The van der Waals surface area contributed by atoms with Crippen LogP contribution in [-0.4, -0.2) is 5.71 Å². The molecule has 0 aromatic heterocycles. The van der Waals surface area contributed by atoms with E-state index in [1.807, 2.05) is 0 Å². The Balaban J connectivity index is 3.53. The molecule has 0 aliphatic carbocycles. The third-order valence-corrected chi connectivity index (χ3v) is 2.18. The lowest BCUT2D eigenvalue weighted by molar-refractivity contribution is 0.615. The van der Waals surface area contributed by atoms with Crippen LogP contribution >= 0.6 is 0 Å². The second kappa shape index (κ2) is 3.17. The number of hydrogen-bond donors (Lipinski definition) is 2. The highest BCUT2D eigenvalue weighted by Gasteiger charge is 2.12. The molecule has 0 atom stereocenters. The van der Waals surface area contributed by atoms with Gasteiger partial charge in [-0.25, -0.2) is 4.39 Å². The molecule has 0 saturated heterocycles. The number of anilines is 1. The number of nitrogen functional groups attached to an aromatic ring is 1. The molecule has 0 aliphatic rings. The smallest absolute Gasteiger partial charge is 0.137 e. The van der Waals surface area contributed by atoms with Crippen LogP contribution < -0.4 is 5.73 Å². The molecule has 3 N–H and O–H groups in total. The molecule has 13 heavy (non-hydrogen) atoms. The van der Waals surface area contributed by atoms with Crippen molar-refractivity contribution in [3.8, 4) is 0 Å². The maximum absolute atomic E-state index is 13.6.